The lowest BCUT2D eigenvalue weighted by Crippen LogP contribution is -2.51. The highest BCUT2D eigenvalue weighted by molar-refractivity contribution is 6.95. The molecule has 0 N–H and O–H groups in total. The maximum atomic E-state index is 4.35. The molecule has 2 nitrogen and oxygen atoms in total. The summed E-state index contributed by atoms with van der Waals surface area (Å²) in [5.74, 6) is 0. The quantitative estimate of drug-likeness (QED) is 0.137. The summed E-state index contributed by atoms with van der Waals surface area (Å²) in [5.41, 5.74) is 7.97. The molecule has 0 spiro atoms. The zero-order valence-corrected chi connectivity index (χ0v) is 26.4. The molecule has 5 aromatic carbocycles. The smallest absolute Gasteiger partial charge is 0.241 e. The fraction of sp³-hybridized carbons (Fsp3) is 0.103. The highest BCUT2D eigenvalue weighted by Gasteiger charge is 2.35. The van der Waals surface area contributed by atoms with Crippen LogP contribution in [0.15, 0.2) is 183 Å². The van der Waals surface area contributed by atoms with Crippen molar-refractivity contribution in [1.82, 2.24) is 9.55 Å². The number of imidazole rings is 1. The molecule has 4 heteroatoms. The predicted molar refractivity (Wildman–Crippen MR) is 188 cm³/mol. The minimum Gasteiger partial charge on any atom is -0.327 e. The lowest BCUT2D eigenvalue weighted by Gasteiger charge is -2.37. The van der Waals surface area contributed by atoms with Gasteiger partial charge in [-0.15, -0.1) is 6.58 Å². The van der Waals surface area contributed by atoms with Gasteiger partial charge in [-0.2, -0.15) is 0 Å². The molecule has 0 amide bonds. The lowest BCUT2D eigenvalue weighted by molar-refractivity contribution is 0.590. The molecular formula is C39H39BN2Si. The average molecular weight is 575 g/mol. The van der Waals surface area contributed by atoms with Gasteiger partial charge in [0.1, 0.15) is 0 Å². The molecule has 0 aliphatic rings. The molecular weight excluding hydrogens is 535 g/mol. The van der Waals surface area contributed by atoms with E-state index >= 15 is 0 Å². The minimum atomic E-state index is -0.528. The Hall–Kier alpha value is -4.67. The van der Waals surface area contributed by atoms with Crippen LogP contribution in [0.4, 0.5) is 0 Å². The lowest BCUT2D eigenvalue weighted by atomic mass is 9.37. The number of aromatic nitrogens is 2. The van der Waals surface area contributed by atoms with Crippen molar-refractivity contribution in [3.05, 3.63) is 194 Å². The second-order valence-corrected chi connectivity index (χ2v) is 13.3. The number of benzene rings is 5. The van der Waals surface area contributed by atoms with Gasteiger partial charge in [-0.1, -0.05) is 180 Å². The van der Waals surface area contributed by atoms with Crippen LogP contribution < -0.4 is 16.4 Å². The SMILES string of the molecule is C=C(C)CC[SiH2]C(c1ccccc1)(c1ccccc1)n1ccnc1.c1ccc(B(c2ccccc2)c2ccccc2)cc1. The van der Waals surface area contributed by atoms with Crippen LogP contribution >= 0.6 is 0 Å². The summed E-state index contributed by atoms with van der Waals surface area (Å²) >= 11 is 0. The summed E-state index contributed by atoms with van der Waals surface area (Å²) in [4.78, 5) is 4.35. The van der Waals surface area contributed by atoms with Gasteiger partial charge in [0.05, 0.1) is 21.0 Å². The third-order valence-electron chi connectivity index (χ3n) is 7.99. The van der Waals surface area contributed by atoms with Crippen LogP contribution in [0.25, 0.3) is 0 Å². The van der Waals surface area contributed by atoms with Crippen molar-refractivity contribution in [2.24, 2.45) is 0 Å². The van der Waals surface area contributed by atoms with E-state index in [1.807, 2.05) is 12.5 Å². The third-order valence-corrected chi connectivity index (χ3v) is 10.6. The molecule has 0 fully saturated rings. The van der Waals surface area contributed by atoms with Crippen molar-refractivity contribution in [2.45, 2.75) is 24.6 Å². The molecule has 0 saturated heterocycles. The number of hydrogen-bond acceptors (Lipinski definition) is 1. The molecule has 0 saturated carbocycles. The van der Waals surface area contributed by atoms with E-state index in [-0.39, 0.29) is 5.16 Å². The summed E-state index contributed by atoms with van der Waals surface area (Å²) in [6.07, 6.45) is 7.05. The normalized spacial score (nSPS) is 11.1. The van der Waals surface area contributed by atoms with Gasteiger partial charge in [0.2, 0.25) is 6.71 Å². The Bertz CT molecular complexity index is 1510. The van der Waals surface area contributed by atoms with E-state index in [0.717, 1.165) is 6.42 Å². The van der Waals surface area contributed by atoms with Crippen LogP contribution in [0, 0.1) is 0 Å². The molecule has 0 bridgehead atoms. The third kappa shape index (κ3) is 7.40. The standard InChI is InChI=1S/C21H24N2Si.C18H15B/c1-18(2)13-16-24-21(23-15-14-22-17-23,19-9-5-3-6-10-19)20-11-7-4-8-12-20;1-4-10-16(11-5-1)19(17-12-6-2-7-13-17)18-14-8-3-9-15-18/h3-12,14-15,17H,1,13,16,24H2,2H3;1-15H. The molecule has 0 atom stereocenters. The molecule has 1 aromatic heterocycles. The van der Waals surface area contributed by atoms with Gasteiger partial charge >= 0.3 is 0 Å². The van der Waals surface area contributed by atoms with E-state index in [1.165, 1.54) is 39.1 Å². The summed E-state index contributed by atoms with van der Waals surface area (Å²) in [5, 5.41) is -0.103. The first-order valence-corrected chi connectivity index (χ1v) is 16.8. The van der Waals surface area contributed by atoms with Crippen LogP contribution in [0.5, 0.6) is 0 Å². The van der Waals surface area contributed by atoms with Crippen LogP contribution in [0.2, 0.25) is 6.04 Å². The summed E-state index contributed by atoms with van der Waals surface area (Å²) < 4.78 is 2.31. The van der Waals surface area contributed by atoms with Gasteiger partial charge in [-0.3, -0.25) is 0 Å². The molecule has 6 rings (SSSR count). The average Bonchev–Trinajstić information content (AvgIpc) is 3.62. The van der Waals surface area contributed by atoms with E-state index in [4.69, 9.17) is 0 Å². The van der Waals surface area contributed by atoms with E-state index in [1.54, 1.807) is 0 Å². The summed E-state index contributed by atoms with van der Waals surface area (Å²) in [6.45, 7) is 6.52. The topological polar surface area (TPSA) is 17.8 Å². The number of nitrogens with zero attached hydrogens (tertiary/aromatic N) is 2. The Morgan fingerprint density at radius 1 is 0.651 bits per heavy atom. The van der Waals surface area contributed by atoms with Crippen molar-refractivity contribution in [2.75, 3.05) is 0 Å². The first kappa shape index (κ1) is 29.8. The van der Waals surface area contributed by atoms with Crippen LogP contribution in [-0.4, -0.2) is 25.8 Å². The van der Waals surface area contributed by atoms with Crippen molar-refractivity contribution < 1.29 is 0 Å². The van der Waals surface area contributed by atoms with Gasteiger partial charge in [0.25, 0.3) is 0 Å². The van der Waals surface area contributed by atoms with Crippen LogP contribution in [-0.2, 0) is 5.16 Å². The molecule has 1 heterocycles. The van der Waals surface area contributed by atoms with Gasteiger partial charge in [-0.05, 0) is 24.5 Å². The van der Waals surface area contributed by atoms with E-state index in [0.29, 0.717) is 6.71 Å². The van der Waals surface area contributed by atoms with E-state index in [2.05, 4.69) is 181 Å². The van der Waals surface area contributed by atoms with E-state index in [9.17, 15) is 0 Å². The number of hydrogen-bond donors (Lipinski definition) is 0. The first-order valence-electron chi connectivity index (χ1n) is 15.1. The molecule has 0 aliphatic carbocycles. The maximum absolute atomic E-state index is 4.35. The number of allylic oxidation sites excluding steroid dienone is 1. The minimum absolute atomic E-state index is 0.103. The summed E-state index contributed by atoms with van der Waals surface area (Å²) in [7, 11) is -0.528. The fourth-order valence-corrected chi connectivity index (χ4v) is 8.74. The molecule has 6 aromatic rings. The van der Waals surface area contributed by atoms with Gasteiger partial charge in [0.15, 0.2) is 0 Å². The predicted octanol–water partition coefficient (Wildman–Crippen LogP) is 6.39. The van der Waals surface area contributed by atoms with Gasteiger partial charge < -0.3 is 4.57 Å². The van der Waals surface area contributed by atoms with Gasteiger partial charge in [-0.25, -0.2) is 4.98 Å². The van der Waals surface area contributed by atoms with Gasteiger partial charge in [0, 0.05) is 12.4 Å². The van der Waals surface area contributed by atoms with Crippen LogP contribution in [0.3, 0.4) is 0 Å². The second kappa shape index (κ2) is 15.0. The van der Waals surface area contributed by atoms with Crippen molar-refractivity contribution >= 4 is 32.6 Å². The Kier molecular flexibility index (Phi) is 10.4. The molecule has 212 valence electrons. The highest BCUT2D eigenvalue weighted by atomic mass is 28.2. The zero-order chi connectivity index (χ0) is 29.7. The van der Waals surface area contributed by atoms with E-state index < -0.39 is 9.52 Å². The highest BCUT2D eigenvalue weighted by Crippen LogP contribution is 2.34. The molecule has 0 aliphatic heterocycles. The Balaban J connectivity index is 0.000000176. The summed E-state index contributed by atoms with van der Waals surface area (Å²) in [6, 6.07) is 55.0. The zero-order valence-electron chi connectivity index (χ0n) is 25.0. The monoisotopic (exact) mass is 574 g/mol. The molecule has 0 unspecified atom stereocenters. The maximum Gasteiger partial charge on any atom is 0.241 e. The Labute approximate surface area is 259 Å². The molecule has 43 heavy (non-hydrogen) atoms. The second-order valence-electron chi connectivity index (χ2n) is 11.0. The Morgan fingerprint density at radius 3 is 1.40 bits per heavy atom. The van der Waals surface area contributed by atoms with Crippen molar-refractivity contribution in [3.63, 3.8) is 0 Å². The van der Waals surface area contributed by atoms with Crippen molar-refractivity contribution in [1.29, 1.82) is 0 Å². The largest absolute Gasteiger partial charge is 0.327 e. The molecule has 0 radical (unpaired) electrons. The fourth-order valence-electron chi connectivity index (χ4n) is 5.96. The van der Waals surface area contributed by atoms with Crippen LogP contribution in [0.1, 0.15) is 24.5 Å². The number of rotatable bonds is 10. The van der Waals surface area contributed by atoms with Crippen molar-refractivity contribution in [3.8, 4) is 0 Å². The first-order chi connectivity index (χ1) is 21.2. The Morgan fingerprint density at radius 2 is 1.05 bits per heavy atom.